The van der Waals surface area contributed by atoms with Gasteiger partial charge in [-0.25, -0.2) is 0 Å². The normalized spacial score (nSPS) is 11.9. The van der Waals surface area contributed by atoms with Gasteiger partial charge >= 0.3 is 11.9 Å². The van der Waals surface area contributed by atoms with Gasteiger partial charge in [-0.05, 0) is 77.0 Å². The topological polar surface area (TPSA) is 52.6 Å². The monoisotopic (exact) mass is 528 g/mol. The fourth-order valence-electron chi connectivity index (χ4n) is 3.27. The van der Waals surface area contributed by atoms with E-state index < -0.39 is 0 Å². The third kappa shape index (κ3) is 35.5. The second-order valence-corrected chi connectivity index (χ2v) is 8.94. The summed E-state index contributed by atoms with van der Waals surface area (Å²) in [5.74, 6) is -0.199. The Kier molecular flexibility index (Phi) is 34.0. The van der Waals surface area contributed by atoms with Crippen molar-refractivity contribution in [1.29, 1.82) is 0 Å². The number of carbonyl (C=O) groups excluding carboxylic acids is 2. The maximum absolute atomic E-state index is 10.9. The highest BCUT2D eigenvalue weighted by Crippen LogP contribution is 2.06. The molecule has 0 radical (unpaired) electrons. The van der Waals surface area contributed by atoms with Gasteiger partial charge in [0.15, 0.2) is 0 Å². The molecule has 0 atom stereocenters. The maximum Gasteiger partial charge on any atom is 0.305 e. The summed E-state index contributed by atoms with van der Waals surface area (Å²) in [4.78, 5) is 21.7. The van der Waals surface area contributed by atoms with Crippen LogP contribution in [-0.2, 0) is 19.1 Å². The zero-order valence-corrected chi connectivity index (χ0v) is 24.9. The lowest BCUT2D eigenvalue weighted by molar-refractivity contribution is -0.141. The summed E-state index contributed by atoms with van der Waals surface area (Å²) in [6.07, 6.45) is 42.4. The molecule has 0 spiro atoms. The summed E-state index contributed by atoms with van der Waals surface area (Å²) < 4.78 is 9.18. The van der Waals surface area contributed by atoms with Crippen LogP contribution < -0.4 is 0 Å². The van der Waals surface area contributed by atoms with Gasteiger partial charge in [-0.3, -0.25) is 9.59 Å². The quantitative estimate of drug-likeness (QED) is 0.0797. The summed E-state index contributed by atoms with van der Waals surface area (Å²) >= 11 is 0. The molecule has 0 saturated heterocycles. The number of methoxy groups -OCH3 is 2. The Balaban J connectivity index is 0. The fraction of sp³-hybridized carbons (Fsp3) is 0.588. The smallest absolute Gasteiger partial charge is 0.305 e. The molecule has 4 heteroatoms. The van der Waals surface area contributed by atoms with Crippen LogP contribution in [0.25, 0.3) is 0 Å². The highest BCUT2D eigenvalue weighted by Gasteiger charge is 1.98. The highest BCUT2D eigenvalue weighted by molar-refractivity contribution is 5.69. The summed E-state index contributed by atoms with van der Waals surface area (Å²) in [5.41, 5.74) is 0. The highest BCUT2D eigenvalue weighted by atomic mass is 16.5. The Morgan fingerprint density at radius 1 is 0.447 bits per heavy atom. The summed E-state index contributed by atoms with van der Waals surface area (Å²) in [7, 11) is 2.88. The van der Waals surface area contributed by atoms with Gasteiger partial charge in [0.05, 0.1) is 14.2 Å². The summed E-state index contributed by atoms with van der Waals surface area (Å²) in [5, 5.41) is 0. The standard InChI is InChI=1S/2C17H28O2/c2*1-3-4-5-6-7-8-9-10-11-12-13-14-15-16-17(18)19-2/h2*4-5,7-8,10-11H,3,6,9,12-16H2,1-2H3. The van der Waals surface area contributed by atoms with Gasteiger partial charge < -0.3 is 9.47 Å². The minimum atomic E-state index is -0.0993. The summed E-state index contributed by atoms with van der Waals surface area (Å²) in [6, 6.07) is 0. The second kappa shape index (κ2) is 34.4. The van der Waals surface area contributed by atoms with Gasteiger partial charge in [-0.2, -0.15) is 0 Å². The molecule has 0 heterocycles. The third-order valence-electron chi connectivity index (χ3n) is 5.52. The van der Waals surface area contributed by atoms with E-state index in [1.165, 1.54) is 14.2 Å². The number of hydrogen-bond donors (Lipinski definition) is 0. The average Bonchev–Trinajstić information content (AvgIpc) is 2.93. The molecule has 0 aromatic rings. The van der Waals surface area contributed by atoms with Gasteiger partial charge in [-0.1, -0.05) is 99.6 Å². The van der Waals surface area contributed by atoms with Crippen molar-refractivity contribution >= 4 is 11.9 Å². The van der Waals surface area contributed by atoms with E-state index >= 15 is 0 Å². The van der Waals surface area contributed by atoms with E-state index in [-0.39, 0.29) is 11.9 Å². The van der Waals surface area contributed by atoms with E-state index in [1.54, 1.807) is 0 Å². The molecule has 0 saturated carbocycles. The van der Waals surface area contributed by atoms with Gasteiger partial charge in [-0.15, -0.1) is 0 Å². The third-order valence-corrected chi connectivity index (χ3v) is 5.52. The van der Waals surface area contributed by atoms with Crippen LogP contribution in [0.5, 0.6) is 0 Å². The molecule has 38 heavy (non-hydrogen) atoms. The molecule has 0 aromatic carbocycles. The molecular formula is C34H56O4. The van der Waals surface area contributed by atoms with Crippen LogP contribution >= 0.6 is 0 Å². The number of rotatable bonds is 22. The molecule has 0 aliphatic rings. The van der Waals surface area contributed by atoms with Crippen LogP contribution in [0.3, 0.4) is 0 Å². The molecule has 0 aromatic heterocycles. The Labute approximate surface area is 234 Å². The van der Waals surface area contributed by atoms with Crippen molar-refractivity contribution in [2.24, 2.45) is 0 Å². The van der Waals surface area contributed by atoms with Gasteiger partial charge in [0, 0.05) is 12.8 Å². The van der Waals surface area contributed by atoms with E-state index in [9.17, 15) is 9.59 Å². The largest absolute Gasteiger partial charge is 0.469 e. The first kappa shape index (κ1) is 37.5. The Morgan fingerprint density at radius 2 is 0.763 bits per heavy atom. The van der Waals surface area contributed by atoms with Crippen molar-refractivity contribution in [2.75, 3.05) is 14.2 Å². The molecule has 0 aliphatic carbocycles. The van der Waals surface area contributed by atoms with E-state index in [0.717, 1.165) is 89.9 Å². The SMILES string of the molecule is CCC=CCC=CCC=CCCCCCC(=O)OC.CCC=CCC=CCC=CCCCCCC(=O)OC. The van der Waals surface area contributed by atoms with E-state index in [1.807, 2.05) is 0 Å². The number of hydrogen-bond acceptors (Lipinski definition) is 4. The van der Waals surface area contributed by atoms with Crippen molar-refractivity contribution in [2.45, 2.75) is 117 Å². The Morgan fingerprint density at radius 3 is 1.08 bits per heavy atom. The zero-order valence-electron chi connectivity index (χ0n) is 24.9. The van der Waals surface area contributed by atoms with Crippen LogP contribution in [0.15, 0.2) is 72.9 Å². The van der Waals surface area contributed by atoms with Gasteiger partial charge in [0.25, 0.3) is 0 Å². The number of unbranched alkanes of at least 4 members (excludes halogenated alkanes) is 6. The summed E-state index contributed by atoms with van der Waals surface area (Å²) in [6.45, 7) is 4.29. The second-order valence-electron chi connectivity index (χ2n) is 8.94. The molecule has 0 aliphatic heterocycles. The minimum Gasteiger partial charge on any atom is -0.469 e. The first-order valence-electron chi connectivity index (χ1n) is 14.7. The molecule has 0 amide bonds. The van der Waals surface area contributed by atoms with Crippen LogP contribution in [0.2, 0.25) is 0 Å². The Bertz CT molecular complexity index is 635. The molecule has 4 nitrogen and oxygen atoms in total. The lowest BCUT2D eigenvalue weighted by atomic mass is 10.1. The van der Waals surface area contributed by atoms with Crippen LogP contribution in [0.1, 0.15) is 117 Å². The molecule has 0 unspecified atom stereocenters. The maximum atomic E-state index is 10.9. The van der Waals surface area contributed by atoms with Crippen molar-refractivity contribution in [1.82, 2.24) is 0 Å². The van der Waals surface area contributed by atoms with E-state index in [2.05, 4.69) is 96.2 Å². The fourth-order valence-corrected chi connectivity index (χ4v) is 3.27. The van der Waals surface area contributed by atoms with Crippen LogP contribution in [-0.4, -0.2) is 26.2 Å². The van der Waals surface area contributed by atoms with Crippen LogP contribution in [0, 0.1) is 0 Å². The van der Waals surface area contributed by atoms with E-state index in [4.69, 9.17) is 0 Å². The molecule has 0 bridgehead atoms. The number of ether oxygens (including phenoxy) is 2. The first-order chi connectivity index (χ1) is 18.6. The van der Waals surface area contributed by atoms with Crippen molar-refractivity contribution < 1.29 is 19.1 Å². The lowest BCUT2D eigenvalue weighted by Gasteiger charge is -1.98. The minimum absolute atomic E-state index is 0.0993. The molecule has 0 rings (SSSR count). The van der Waals surface area contributed by atoms with Crippen molar-refractivity contribution in [3.05, 3.63) is 72.9 Å². The van der Waals surface area contributed by atoms with Crippen molar-refractivity contribution in [3.8, 4) is 0 Å². The Hall–Kier alpha value is -2.62. The van der Waals surface area contributed by atoms with Crippen molar-refractivity contribution in [3.63, 3.8) is 0 Å². The van der Waals surface area contributed by atoms with Crippen LogP contribution in [0.4, 0.5) is 0 Å². The number of esters is 2. The predicted molar refractivity (Wildman–Crippen MR) is 164 cm³/mol. The van der Waals surface area contributed by atoms with Gasteiger partial charge in [0.1, 0.15) is 0 Å². The van der Waals surface area contributed by atoms with E-state index in [0.29, 0.717) is 12.8 Å². The molecular weight excluding hydrogens is 472 g/mol. The molecule has 0 fully saturated rings. The van der Waals surface area contributed by atoms with Gasteiger partial charge in [0.2, 0.25) is 0 Å². The first-order valence-corrected chi connectivity index (χ1v) is 14.7. The predicted octanol–water partition coefficient (Wildman–Crippen LogP) is 9.94. The number of carbonyl (C=O) groups is 2. The zero-order chi connectivity index (χ0) is 28.4. The molecule has 0 N–H and O–H groups in total. The number of allylic oxidation sites excluding steroid dienone is 12. The lowest BCUT2D eigenvalue weighted by Crippen LogP contribution is -1.98. The average molecular weight is 529 g/mol. The molecule has 216 valence electrons.